The first kappa shape index (κ1) is 20.7. The van der Waals surface area contributed by atoms with Gasteiger partial charge in [0, 0.05) is 23.6 Å². The standard InChI is InChI=1S/C16H19Cl2N3O4S/c1-10-16(11(2)25-20-10)26(23,24)21(3)9-15(22)19-7-6-12-4-5-13(17)8-14(12)18/h4-5,8H,6-7,9H2,1-3H3,(H,19,22). The van der Waals surface area contributed by atoms with Gasteiger partial charge in [-0.15, -0.1) is 0 Å². The maximum Gasteiger partial charge on any atom is 0.248 e. The van der Waals surface area contributed by atoms with E-state index in [4.69, 9.17) is 27.7 Å². The molecule has 2 rings (SSSR count). The molecule has 1 heterocycles. The highest BCUT2D eigenvalue weighted by atomic mass is 35.5. The van der Waals surface area contributed by atoms with Crippen LogP contribution in [0.1, 0.15) is 17.0 Å². The van der Waals surface area contributed by atoms with E-state index in [-0.39, 0.29) is 22.9 Å². The Morgan fingerprint density at radius 2 is 2.00 bits per heavy atom. The normalized spacial score (nSPS) is 11.8. The lowest BCUT2D eigenvalue weighted by Crippen LogP contribution is -2.39. The minimum atomic E-state index is -3.86. The molecule has 7 nitrogen and oxygen atoms in total. The minimum Gasteiger partial charge on any atom is -0.360 e. The van der Waals surface area contributed by atoms with Gasteiger partial charge in [0.05, 0.1) is 6.54 Å². The van der Waals surface area contributed by atoms with Crippen LogP contribution in [-0.4, -0.2) is 43.9 Å². The van der Waals surface area contributed by atoms with Crippen molar-refractivity contribution in [2.45, 2.75) is 25.2 Å². The smallest absolute Gasteiger partial charge is 0.248 e. The van der Waals surface area contributed by atoms with E-state index in [1.54, 1.807) is 18.2 Å². The largest absolute Gasteiger partial charge is 0.360 e. The third-order valence-electron chi connectivity index (χ3n) is 3.73. The van der Waals surface area contributed by atoms with Crippen molar-refractivity contribution in [3.05, 3.63) is 45.3 Å². The molecule has 1 amide bonds. The van der Waals surface area contributed by atoms with E-state index in [2.05, 4.69) is 10.5 Å². The fraction of sp³-hybridized carbons (Fsp3) is 0.375. The van der Waals surface area contributed by atoms with Gasteiger partial charge in [0.15, 0.2) is 5.76 Å². The number of nitrogens with one attached hydrogen (secondary N) is 1. The molecule has 0 aliphatic carbocycles. The van der Waals surface area contributed by atoms with Crippen LogP contribution in [0.4, 0.5) is 0 Å². The van der Waals surface area contributed by atoms with Gasteiger partial charge >= 0.3 is 0 Å². The van der Waals surface area contributed by atoms with Gasteiger partial charge in [0.2, 0.25) is 15.9 Å². The maximum atomic E-state index is 12.6. The zero-order valence-corrected chi connectivity index (χ0v) is 16.9. The lowest BCUT2D eigenvalue weighted by atomic mass is 10.1. The third-order valence-corrected chi connectivity index (χ3v) is 6.37. The van der Waals surface area contributed by atoms with Crippen LogP contribution in [0, 0.1) is 13.8 Å². The molecule has 0 aliphatic heterocycles. The van der Waals surface area contributed by atoms with Crippen LogP contribution in [0.5, 0.6) is 0 Å². The zero-order valence-electron chi connectivity index (χ0n) is 14.5. The average molecular weight is 420 g/mol. The summed E-state index contributed by atoms with van der Waals surface area (Å²) in [5.74, 6) is -0.236. The molecule has 0 unspecified atom stereocenters. The number of aromatic nitrogens is 1. The van der Waals surface area contributed by atoms with E-state index >= 15 is 0 Å². The Morgan fingerprint density at radius 3 is 2.58 bits per heavy atom. The summed E-state index contributed by atoms with van der Waals surface area (Å²) in [4.78, 5) is 12.0. The summed E-state index contributed by atoms with van der Waals surface area (Å²) in [6, 6.07) is 5.13. The molecule has 2 aromatic rings. The topological polar surface area (TPSA) is 92.5 Å². The average Bonchev–Trinajstić information content (AvgIpc) is 2.88. The molecule has 1 aromatic heterocycles. The molecule has 0 aliphatic rings. The van der Waals surface area contributed by atoms with Gasteiger partial charge in [0.25, 0.3) is 0 Å². The zero-order chi connectivity index (χ0) is 19.5. The first-order valence-electron chi connectivity index (χ1n) is 7.72. The SMILES string of the molecule is Cc1noc(C)c1S(=O)(=O)N(C)CC(=O)NCCc1ccc(Cl)cc1Cl. The molecule has 0 fully saturated rings. The number of sulfonamides is 1. The predicted octanol–water partition coefficient (Wildman–Crippen LogP) is 2.58. The quantitative estimate of drug-likeness (QED) is 0.744. The van der Waals surface area contributed by atoms with Gasteiger partial charge in [-0.3, -0.25) is 4.79 Å². The van der Waals surface area contributed by atoms with E-state index in [1.807, 2.05) is 0 Å². The summed E-state index contributed by atoms with van der Waals surface area (Å²) in [6.45, 7) is 3.05. The molecule has 26 heavy (non-hydrogen) atoms. The number of amides is 1. The Bertz CT molecular complexity index is 893. The van der Waals surface area contributed by atoms with Crippen LogP contribution in [0.2, 0.25) is 10.0 Å². The molecular formula is C16H19Cl2N3O4S. The van der Waals surface area contributed by atoms with Crippen LogP contribution in [0.25, 0.3) is 0 Å². The Balaban J connectivity index is 1.93. The summed E-state index contributed by atoms with van der Waals surface area (Å²) in [5.41, 5.74) is 1.10. The number of benzene rings is 1. The van der Waals surface area contributed by atoms with Gasteiger partial charge in [0.1, 0.15) is 10.6 Å². The summed E-state index contributed by atoms with van der Waals surface area (Å²) in [5, 5.41) is 7.37. The molecule has 0 radical (unpaired) electrons. The van der Waals surface area contributed by atoms with Gasteiger partial charge < -0.3 is 9.84 Å². The summed E-state index contributed by atoms with van der Waals surface area (Å²) in [7, 11) is -2.53. The van der Waals surface area contributed by atoms with Crippen LogP contribution >= 0.6 is 23.2 Å². The lowest BCUT2D eigenvalue weighted by Gasteiger charge is -2.16. The number of hydrogen-bond acceptors (Lipinski definition) is 5. The molecule has 0 spiro atoms. The fourth-order valence-corrected chi connectivity index (χ4v) is 4.32. The van der Waals surface area contributed by atoms with Gasteiger partial charge in [-0.1, -0.05) is 34.4 Å². The first-order chi connectivity index (χ1) is 12.1. The highest BCUT2D eigenvalue weighted by Gasteiger charge is 2.29. The van der Waals surface area contributed by atoms with E-state index in [0.717, 1.165) is 9.87 Å². The second-order valence-electron chi connectivity index (χ2n) is 5.75. The van der Waals surface area contributed by atoms with Crippen molar-refractivity contribution >= 4 is 39.1 Å². The molecular weight excluding hydrogens is 401 g/mol. The Labute approximate surface area is 162 Å². The molecule has 10 heteroatoms. The van der Waals surface area contributed by atoms with Crippen molar-refractivity contribution in [1.82, 2.24) is 14.8 Å². The van der Waals surface area contributed by atoms with Gasteiger partial charge in [-0.2, -0.15) is 4.31 Å². The van der Waals surface area contributed by atoms with Gasteiger partial charge in [-0.05, 0) is 38.0 Å². The number of hydrogen-bond donors (Lipinski definition) is 1. The van der Waals surface area contributed by atoms with Crippen molar-refractivity contribution in [1.29, 1.82) is 0 Å². The fourth-order valence-electron chi connectivity index (χ4n) is 2.40. The molecule has 1 N–H and O–H groups in total. The van der Waals surface area contributed by atoms with Crippen LogP contribution in [-0.2, 0) is 21.2 Å². The monoisotopic (exact) mass is 419 g/mol. The van der Waals surface area contributed by atoms with E-state index in [1.165, 1.54) is 20.9 Å². The number of aryl methyl sites for hydroxylation is 2. The van der Waals surface area contributed by atoms with Crippen molar-refractivity contribution in [2.75, 3.05) is 20.1 Å². The number of carbonyl (C=O) groups excluding carboxylic acids is 1. The molecule has 0 atom stereocenters. The number of carbonyl (C=O) groups is 1. The van der Waals surface area contributed by atoms with Crippen molar-refractivity contribution in [3.8, 4) is 0 Å². The molecule has 0 bridgehead atoms. The summed E-state index contributed by atoms with van der Waals surface area (Å²) < 4.78 is 31.0. The highest BCUT2D eigenvalue weighted by molar-refractivity contribution is 7.89. The van der Waals surface area contributed by atoms with Crippen LogP contribution in [0.3, 0.4) is 0 Å². The number of rotatable bonds is 7. The van der Waals surface area contributed by atoms with Crippen LogP contribution in [0.15, 0.2) is 27.6 Å². The molecule has 1 aromatic carbocycles. The van der Waals surface area contributed by atoms with Gasteiger partial charge in [-0.25, -0.2) is 8.42 Å². The molecule has 0 saturated heterocycles. The van der Waals surface area contributed by atoms with Crippen molar-refractivity contribution in [3.63, 3.8) is 0 Å². The lowest BCUT2D eigenvalue weighted by molar-refractivity contribution is -0.121. The van der Waals surface area contributed by atoms with Crippen LogP contribution < -0.4 is 5.32 Å². The second-order valence-corrected chi connectivity index (χ2v) is 8.58. The van der Waals surface area contributed by atoms with E-state index in [9.17, 15) is 13.2 Å². The van der Waals surface area contributed by atoms with Crippen molar-refractivity contribution < 1.29 is 17.7 Å². The molecule has 142 valence electrons. The number of nitrogens with zero attached hydrogens (tertiary/aromatic N) is 2. The maximum absolute atomic E-state index is 12.6. The van der Waals surface area contributed by atoms with E-state index in [0.29, 0.717) is 23.0 Å². The Morgan fingerprint density at radius 1 is 1.31 bits per heavy atom. The number of halogens is 2. The minimum absolute atomic E-state index is 0.0132. The summed E-state index contributed by atoms with van der Waals surface area (Å²) >= 11 is 11.9. The third kappa shape index (κ3) is 4.76. The number of likely N-dealkylation sites (N-methyl/N-ethyl adjacent to an activating group) is 1. The van der Waals surface area contributed by atoms with E-state index < -0.39 is 15.9 Å². The molecule has 0 saturated carbocycles. The summed E-state index contributed by atoms with van der Waals surface area (Å²) in [6.07, 6.45) is 0.502. The highest BCUT2D eigenvalue weighted by Crippen LogP contribution is 2.22. The first-order valence-corrected chi connectivity index (χ1v) is 9.92. The second kappa shape index (κ2) is 8.39. The Kier molecular flexibility index (Phi) is 6.68. The van der Waals surface area contributed by atoms with Crippen molar-refractivity contribution in [2.24, 2.45) is 0 Å². The predicted molar refractivity (Wildman–Crippen MR) is 99.0 cm³/mol. The Hall–Kier alpha value is -1.61.